The first kappa shape index (κ1) is 20.4. The Labute approximate surface area is 176 Å². The zero-order chi connectivity index (χ0) is 21.1. The number of ether oxygens (including phenoxy) is 1. The summed E-state index contributed by atoms with van der Waals surface area (Å²) in [4.78, 5) is 22.1. The third kappa shape index (κ3) is 4.82. The monoisotopic (exact) mass is 407 g/mol. The Kier molecular flexibility index (Phi) is 6.04. The smallest absolute Gasteiger partial charge is 0.303 e. The molecule has 0 spiro atoms. The number of aromatic nitrogens is 2. The van der Waals surface area contributed by atoms with E-state index in [-0.39, 0.29) is 18.3 Å². The van der Waals surface area contributed by atoms with Crippen LogP contribution in [0.4, 0.5) is 0 Å². The van der Waals surface area contributed by atoms with Crippen LogP contribution in [0.1, 0.15) is 29.8 Å². The number of methoxy groups -OCH3 is 1. The van der Waals surface area contributed by atoms with E-state index in [0.717, 1.165) is 55.1 Å². The highest BCUT2D eigenvalue weighted by atomic mass is 16.5. The van der Waals surface area contributed by atoms with Gasteiger partial charge < -0.3 is 14.8 Å². The Bertz CT molecular complexity index is 1010. The second-order valence-electron chi connectivity index (χ2n) is 8.40. The molecular formula is C24H29N3O3. The van der Waals surface area contributed by atoms with Crippen LogP contribution >= 0.6 is 0 Å². The molecule has 1 fully saturated rings. The summed E-state index contributed by atoms with van der Waals surface area (Å²) in [6, 6.07) is 14.4. The van der Waals surface area contributed by atoms with Gasteiger partial charge in [0.15, 0.2) is 0 Å². The quantitative estimate of drug-likeness (QED) is 0.618. The van der Waals surface area contributed by atoms with Gasteiger partial charge in [0.25, 0.3) is 0 Å². The van der Waals surface area contributed by atoms with Gasteiger partial charge in [-0.1, -0.05) is 18.2 Å². The van der Waals surface area contributed by atoms with E-state index in [0.29, 0.717) is 0 Å². The molecule has 0 aliphatic carbocycles. The van der Waals surface area contributed by atoms with E-state index in [9.17, 15) is 9.90 Å². The third-order valence-electron chi connectivity index (χ3n) is 6.12. The first-order valence-corrected chi connectivity index (χ1v) is 10.5. The number of hydrogen-bond acceptors (Lipinski definition) is 4. The zero-order valence-corrected chi connectivity index (χ0v) is 17.6. The fraction of sp³-hybridized carbons (Fsp3) is 0.417. The summed E-state index contributed by atoms with van der Waals surface area (Å²) in [6.07, 6.45) is 1.89. The summed E-state index contributed by atoms with van der Waals surface area (Å²) >= 11 is 0. The minimum absolute atomic E-state index is 0.171. The average Bonchev–Trinajstić information content (AvgIpc) is 3.11. The summed E-state index contributed by atoms with van der Waals surface area (Å²) in [5, 5.41) is 9.40. The number of nitrogens with one attached hydrogen (secondary N) is 1. The van der Waals surface area contributed by atoms with Crippen molar-refractivity contribution in [2.45, 2.75) is 32.7 Å². The number of aryl methyl sites for hydroxylation is 1. The van der Waals surface area contributed by atoms with Gasteiger partial charge in [0.05, 0.1) is 18.1 Å². The summed E-state index contributed by atoms with van der Waals surface area (Å²) in [5.41, 5.74) is 4.46. The SMILES string of the molecule is COc1ccc(CN2CC[C@@H](CC(=O)O)[C@@H](Cc3nc4ccc(C)cc4[nH]3)C2)cc1. The number of aliphatic carboxylic acids is 1. The van der Waals surface area contributed by atoms with Crippen molar-refractivity contribution in [2.75, 3.05) is 20.2 Å². The molecule has 2 heterocycles. The van der Waals surface area contributed by atoms with E-state index in [1.807, 2.05) is 18.2 Å². The normalized spacial score (nSPS) is 19.8. The molecule has 1 saturated heterocycles. The maximum atomic E-state index is 11.4. The van der Waals surface area contributed by atoms with E-state index in [1.54, 1.807) is 7.11 Å². The topological polar surface area (TPSA) is 78.4 Å². The number of nitrogens with zero attached hydrogens (tertiary/aromatic N) is 2. The number of piperidine rings is 1. The van der Waals surface area contributed by atoms with Crippen LogP contribution in [0.15, 0.2) is 42.5 Å². The first-order valence-electron chi connectivity index (χ1n) is 10.5. The van der Waals surface area contributed by atoms with Gasteiger partial charge in [-0.05, 0) is 67.1 Å². The lowest BCUT2D eigenvalue weighted by Gasteiger charge is -2.38. The summed E-state index contributed by atoms with van der Waals surface area (Å²) in [5.74, 6) is 1.52. The van der Waals surface area contributed by atoms with Crippen LogP contribution in [0, 0.1) is 18.8 Å². The van der Waals surface area contributed by atoms with Gasteiger partial charge >= 0.3 is 5.97 Å². The molecule has 0 amide bonds. The van der Waals surface area contributed by atoms with Crippen LogP contribution in [0.3, 0.4) is 0 Å². The third-order valence-corrected chi connectivity index (χ3v) is 6.12. The number of benzene rings is 2. The predicted octanol–water partition coefficient (Wildman–Crippen LogP) is 4.04. The molecule has 2 N–H and O–H groups in total. The minimum Gasteiger partial charge on any atom is -0.497 e. The lowest BCUT2D eigenvalue weighted by Crippen LogP contribution is -2.41. The van der Waals surface area contributed by atoms with Crippen LogP contribution < -0.4 is 4.74 Å². The Morgan fingerprint density at radius 2 is 2.03 bits per heavy atom. The van der Waals surface area contributed by atoms with Gasteiger partial charge in [0.1, 0.15) is 11.6 Å². The molecular weight excluding hydrogens is 378 g/mol. The number of imidazole rings is 1. The van der Waals surface area contributed by atoms with Gasteiger partial charge in [-0.25, -0.2) is 4.98 Å². The van der Waals surface area contributed by atoms with Gasteiger partial charge in [-0.15, -0.1) is 0 Å². The second-order valence-corrected chi connectivity index (χ2v) is 8.40. The maximum absolute atomic E-state index is 11.4. The van der Waals surface area contributed by atoms with Crippen LogP contribution in [0.2, 0.25) is 0 Å². The molecule has 1 aliphatic rings. The molecule has 3 aromatic rings. The molecule has 6 heteroatoms. The molecule has 158 valence electrons. The van der Waals surface area contributed by atoms with Crippen molar-refractivity contribution in [2.24, 2.45) is 11.8 Å². The molecule has 0 saturated carbocycles. The van der Waals surface area contributed by atoms with E-state index < -0.39 is 5.97 Å². The molecule has 30 heavy (non-hydrogen) atoms. The number of aromatic amines is 1. The maximum Gasteiger partial charge on any atom is 0.303 e. The molecule has 1 aliphatic heterocycles. The Hall–Kier alpha value is -2.86. The minimum atomic E-state index is -0.714. The highest BCUT2D eigenvalue weighted by Gasteiger charge is 2.31. The number of rotatable bonds is 7. The van der Waals surface area contributed by atoms with E-state index in [1.165, 1.54) is 11.1 Å². The van der Waals surface area contributed by atoms with Crippen molar-refractivity contribution >= 4 is 17.0 Å². The number of carboxylic acids is 1. The highest BCUT2D eigenvalue weighted by molar-refractivity contribution is 5.75. The number of fused-ring (bicyclic) bond motifs is 1. The van der Waals surface area contributed by atoms with Crippen LogP contribution in [-0.4, -0.2) is 46.1 Å². The summed E-state index contributed by atoms with van der Waals surface area (Å²) in [6.45, 7) is 4.72. The van der Waals surface area contributed by atoms with Crippen molar-refractivity contribution in [3.8, 4) is 5.75 Å². The molecule has 2 aromatic carbocycles. The molecule has 0 bridgehead atoms. The van der Waals surface area contributed by atoms with Crippen LogP contribution in [-0.2, 0) is 17.8 Å². The standard InChI is InChI=1S/C24H29N3O3/c1-16-3-8-21-22(11-16)26-23(25-21)12-19-15-27(10-9-18(19)13-24(28)29)14-17-4-6-20(30-2)7-5-17/h3-8,11,18-19H,9-10,12-15H2,1-2H3,(H,25,26)(H,28,29)/t18-,19-/m0/s1. The van der Waals surface area contributed by atoms with Crippen molar-refractivity contribution in [3.05, 3.63) is 59.4 Å². The van der Waals surface area contributed by atoms with E-state index >= 15 is 0 Å². The lowest BCUT2D eigenvalue weighted by atomic mass is 9.81. The Morgan fingerprint density at radius 3 is 2.77 bits per heavy atom. The molecule has 6 nitrogen and oxygen atoms in total. The van der Waals surface area contributed by atoms with Crippen molar-refractivity contribution in [1.29, 1.82) is 0 Å². The van der Waals surface area contributed by atoms with Crippen LogP contribution in [0.5, 0.6) is 5.75 Å². The molecule has 4 rings (SSSR count). The molecule has 0 unspecified atom stereocenters. The number of H-pyrrole nitrogens is 1. The molecule has 1 aromatic heterocycles. The summed E-state index contributed by atoms with van der Waals surface area (Å²) in [7, 11) is 1.67. The second kappa shape index (κ2) is 8.88. The van der Waals surface area contributed by atoms with Crippen molar-refractivity contribution in [3.63, 3.8) is 0 Å². The number of carbonyl (C=O) groups is 1. The van der Waals surface area contributed by atoms with Crippen molar-refractivity contribution in [1.82, 2.24) is 14.9 Å². The van der Waals surface area contributed by atoms with Gasteiger partial charge in [-0.2, -0.15) is 0 Å². The summed E-state index contributed by atoms with van der Waals surface area (Å²) < 4.78 is 5.25. The fourth-order valence-corrected chi connectivity index (χ4v) is 4.53. The van der Waals surface area contributed by atoms with Gasteiger partial charge in [0.2, 0.25) is 0 Å². The Balaban J connectivity index is 1.48. The van der Waals surface area contributed by atoms with Crippen molar-refractivity contribution < 1.29 is 14.6 Å². The highest BCUT2D eigenvalue weighted by Crippen LogP contribution is 2.30. The number of likely N-dealkylation sites (tertiary alicyclic amines) is 1. The molecule has 0 radical (unpaired) electrons. The lowest BCUT2D eigenvalue weighted by molar-refractivity contribution is -0.139. The number of carboxylic acid groups (broad SMARTS) is 1. The van der Waals surface area contributed by atoms with E-state index in [4.69, 9.17) is 9.72 Å². The first-order chi connectivity index (χ1) is 14.5. The van der Waals surface area contributed by atoms with Gasteiger partial charge in [0, 0.05) is 25.9 Å². The predicted molar refractivity (Wildman–Crippen MR) is 117 cm³/mol. The average molecular weight is 408 g/mol. The number of hydrogen-bond donors (Lipinski definition) is 2. The zero-order valence-electron chi connectivity index (χ0n) is 17.6. The van der Waals surface area contributed by atoms with Gasteiger partial charge in [-0.3, -0.25) is 9.69 Å². The van der Waals surface area contributed by atoms with Crippen LogP contribution in [0.25, 0.3) is 11.0 Å². The molecule has 2 atom stereocenters. The largest absolute Gasteiger partial charge is 0.497 e. The Morgan fingerprint density at radius 1 is 1.23 bits per heavy atom. The van der Waals surface area contributed by atoms with E-state index in [2.05, 4.69) is 41.1 Å². The fourth-order valence-electron chi connectivity index (χ4n) is 4.53.